The topological polar surface area (TPSA) is 82.3 Å². The van der Waals surface area contributed by atoms with Gasteiger partial charge in [0.25, 0.3) is 0 Å². The second kappa shape index (κ2) is 4.70. The molecule has 5 heteroatoms. The van der Waals surface area contributed by atoms with Crippen LogP contribution in [0.15, 0.2) is 51.4 Å². The standard InChI is InChI=1S/C15H12N2O3/c1-9-5-6-13(19-9)12-8-14(20-17-12)10-3-2-4-11(7-10)15(16)18/h2-8H,1H3,(H2,16,18). The van der Waals surface area contributed by atoms with Crippen LogP contribution in [0.1, 0.15) is 16.1 Å². The molecule has 1 amide bonds. The number of aryl methyl sites for hydroxylation is 1. The minimum absolute atomic E-state index is 0.425. The Hall–Kier alpha value is -2.82. The molecule has 1 aromatic carbocycles. The zero-order chi connectivity index (χ0) is 14.1. The van der Waals surface area contributed by atoms with Crippen molar-refractivity contribution in [1.29, 1.82) is 0 Å². The molecule has 0 spiro atoms. The van der Waals surface area contributed by atoms with E-state index < -0.39 is 5.91 Å². The van der Waals surface area contributed by atoms with Crippen LogP contribution in [-0.4, -0.2) is 11.1 Å². The van der Waals surface area contributed by atoms with E-state index in [1.165, 1.54) is 0 Å². The van der Waals surface area contributed by atoms with E-state index >= 15 is 0 Å². The van der Waals surface area contributed by atoms with Crippen LogP contribution in [0, 0.1) is 6.92 Å². The maximum absolute atomic E-state index is 11.2. The Bertz CT molecular complexity index is 771. The SMILES string of the molecule is Cc1ccc(-c2cc(-c3cccc(C(N)=O)c3)on2)o1. The first-order valence-corrected chi connectivity index (χ1v) is 6.07. The number of carbonyl (C=O) groups excluding carboxylic acids is 1. The van der Waals surface area contributed by atoms with Crippen molar-refractivity contribution < 1.29 is 13.7 Å². The molecule has 0 aliphatic heterocycles. The molecular formula is C15H12N2O3. The van der Waals surface area contributed by atoms with Crippen LogP contribution < -0.4 is 5.73 Å². The third-order valence-electron chi connectivity index (χ3n) is 2.93. The molecule has 5 nitrogen and oxygen atoms in total. The van der Waals surface area contributed by atoms with Gasteiger partial charge < -0.3 is 14.7 Å². The number of benzene rings is 1. The molecule has 0 fully saturated rings. The Labute approximate surface area is 115 Å². The average molecular weight is 268 g/mol. The second-order valence-electron chi connectivity index (χ2n) is 4.43. The van der Waals surface area contributed by atoms with E-state index in [0.717, 1.165) is 11.3 Å². The lowest BCUT2D eigenvalue weighted by molar-refractivity contribution is 0.100. The summed E-state index contributed by atoms with van der Waals surface area (Å²) in [6.07, 6.45) is 0. The normalized spacial score (nSPS) is 10.7. The highest BCUT2D eigenvalue weighted by atomic mass is 16.5. The maximum Gasteiger partial charge on any atom is 0.248 e. The van der Waals surface area contributed by atoms with Gasteiger partial charge in [0.05, 0.1) is 0 Å². The van der Waals surface area contributed by atoms with E-state index in [1.54, 1.807) is 24.3 Å². The van der Waals surface area contributed by atoms with Crippen molar-refractivity contribution >= 4 is 5.91 Å². The Morgan fingerprint density at radius 3 is 2.70 bits per heavy atom. The second-order valence-corrected chi connectivity index (χ2v) is 4.43. The molecule has 0 unspecified atom stereocenters. The Morgan fingerprint density at radius 1 is 1.15 bits per heavy atom. The number of nitrogens with zero attached hydrogens (tertiary/aromatic N) is 1. The van der Waals surface area contributed by atoms with Crippen LogP contribution >= 0.6 is 0 Å². The number of nitrogens with two attached hydrogens (primary N) is 1. The summed E-state index contributed by atoms with van der Waals surface area (Å²) in [6.45, 7) is 1.86. The summed E-state index contributed by atoms with van der Waals surface area (Å²) in [5.41, 5.74) is 7.03. The molecule has 0 atom stereocenters. The minimum atomic E-state index is -0.478. The van der Waals surface area contributed by atoms with Gasteiger partial charge in [-0.1, -0.05) is 17.3 Å². The average Bonchev–Trinajstić information content (AvgIpc) is 3.07. The van der Waals surface area contributed by atoms with Crippen LogP contribution in [0.25, 0.3) is 22.8 Å². The highest BCUT2D eigenvalue weighted by molar-refractivity contribution is 5.93. The summed E-state index contributed by atoms with van der Waals surface area (Å²) in [7, 11) is 0. The molecule has 0 aliphatic carbocycles. The highest BCUT2D eigenvalue weighted by Crippen LogP contribution is 2.27. The van der Waals surface area contributed by atoms with Crippen LogP contribution in [0.3, 0.4) is 0 Å². The first-order valence-electron chi connectivity index (χ1n) is 6.07. The first-order chi connectivity index (χ1) is 9.63. The molecule has 3 rings (SSSR count). The molecule has 3 aromatic rings. The molecule has 0 aliphatic rings. The van der Waals surface area contributed by atoms with Crippen molar-refractivity contribution in [2.75, 3.05) is 0 Å². The monoisotopic (exact) mass is 268 g/mol. The lowest BCUT2D eigenvalue weighted by Gasteiger charge is -1.98. The minimum Gasteiger partial charge on any atom is -0.460 e. The van der Waals surface area contributed by atoms with Gasteiger partial charge >= 0.3 is 0 Å². The molecule has 2 heterocycles. The maximum atomic E-state index is 11.2. The molecule has 2 aromatic heterocycles. The fourth-order valence-corrected chi connectivity index (χ4v) is 1.93. The van der Waals surface area contributed by atoms with E-state index in [4.69, 9.17) is 14.7 Å². The smallest absolute Gasteiger partial charge is 0.248 e. The molecule has 0 bridgehead atoms. The predicted molar refractivity (Wildman–Crippen MR) is 72.9 cm³/mol. The van der Waals surface area contributed by atoms with Gasteiger partial charge in [0, 0.05) is 17.2 Å². The number of furan rings is 1. The van der Waals surface area contributed by atoms with E-state index in [0.29, 0.717) is 22.8 Å². The molecule has 100 valence electrons. The van der Waals surface area contributed by atoms with Crippen molar-refractivity contribution in [2.45, 2.75) is 6.92 Å². The highest BCUT2D eigenvalue weighted by Gasteiger charge is 2.12. The molecule has 2 N–H and O–H groups in total. The third-order valence-corrected chi connectivity index (χ3v) is 2.93. The summed E-state index contributed by atoms with van der Waals surface area (Å²) in [5, 5.41) is 3.97. The van der Waals surface area contributed by atoms with E-state index in [9.17, 15) is 4.79 Å². The summed E-state index contributed by atoms with van der Waals surface area (Å²) >= 11 is 0. The summed E-state index contributed by atoms with van der Waals surface area (Å²) in [5.74, 6) is 1.52. The fourth-order valence-electron chi connectivity index (χ4n) is 1.93. The lowest BCUT2D eigenvalue weighted by Crippen LogP contribution is -2.10. The van der Waals surface area contributed by atoms with Gasteiger partial charge in [-0.25, -0.2) is 0 Å². The van der Waals surface area contributed by atoms with Gasteiger partial charge in [-0.05, 0) is 31.2 Å². The molecule has 0 radical (unpaired) electrons. The number of aromatic nitrogens is 1. The summed E-state index contributed by atoms with van der Waals surface area (Å²) in [4.78, 5) is 11.2. The van der Waals surface area contributed by atoms with Crippen LogP contribution in [0.4, 0.5) is 0 Å². The molecular weight excluding hydrogens is 256 g/mol. The van der Waals surface area contributed by atoms with Crippen molar-refractivity contribution in [3.63, 3.8) is 0 Å². The zero-order valence-corrected chi connectivity index (χ0v) is 10.8. The molecule has 0 saturated carbocycles. The van der Waals surface area contributed by atoms with Gasteiger partial charge in [0.15, 0.2) is 11.5 Å². The van der Waals surface area contributed by atoms with E-state index in [1.807, 2.05) is 25.1 Å². The molecule has 20 heavy (non-hydrogen) atoms. The van der Waals surface area contributed by atoms with Gasteiger partial charge in [0.2, 0.25) is 5.91 Å². The zero-order valence-electron chi connectivity index (χ0n) is 10.8. The van der Waals surface area contributed by atoms with Crippen LogP contribution in [-0.2, 0) is 0 Å². The van der Waals surface area contributed by atoms with Crippen molar-refractivity contribution in [3.05, 3.63) is 53.8 Å². The van der Waals surface area contributed by atoms with Gasteiger partial charge in [-0.2, -0.15) is 0 Å². The molecule has 0 saturated heterocycles. The first kappa shape index (κ1) is 12.2. The number of rotatable bonds is 3. The van der Waals surface area contributed by atoms with Crippen LogP contribution in [0.2, 0.25) is 0 Å². The predicted octanol–water partition coefficient (Wildman–Crippen LogP) is 3.01. The Morgan fingerprint density at radius 2 is 2.00 bits per heavy atom. The van der Waals surface area contributed by atoms with E-state index in [-0.39, 0.29) is 0 Å². The number of hydrogen-bond acceptors (Lipinski definition) is 4. The van der Waals surface area contributed by atoms with E-state index in [2.05, 4.69) is 5.16 Å². The summed E-state index contributed by atoms with van der Waals surface area (Å²) in [6, 6.07) is 12.3. The quantitative estimate of drug-likeness (QED) is 0.791. The number of amides is 1. The van der Waals surface area contributed by atoms with Crippen molar-refractivity contribution in [3.8, 4) is 22.8 Å². The Balaban J connectivity index is 1.98. The largest absolute Gasteiger partial charge is 0.460 e. The number of carbonyl (C=O) groups is 1. The fraction of sp³-hybridized carbons (Fsp3) is 0.0667. The van der Waals surface area contributed by atoms with Gasteiger partial charge in [-0.3, -0.25) is 4.79 Å². The third kappa shape index (κ3) is 2.21. The van der Waals surface area contributed by atoms with Gasteiger partial charge in [0.1, 0.15) is 11.5 Å². The van der Waals surface area contributed by atoms with Crippen LogP contribution in [0.5, 0.6) is 0 Å². The lowest BCUT2D eigenvalue weighted by atomic mass is 10.1. The number of hydrogen-bond donors (Lipinski definition) is 1. The number of primary amides is 1. The van der Waals surface area contributed by atoms with Crippen molar-refractivity contribution in [2.24, 2.45) is 5.73 Å². The summed E-state index contributed by atoms with van der Waals surface area (Å²) < 4.78 is 10.8. The Kier molecular flexibility index (Phi) is 2.87. The van der Waals surface area contributed by atoms with Crippen molar-refractivity contribution in [1.82, 2.24) is 5.16 Å². The van der Waals surface area contributed by atoms with Gasteiger partial charge in [-0.15, -0.1) is 0 Å².